The minimum absolute atomic E-state index is 0.192. The van der Waals surface area contributed by atoms with E-state index in [1.165, 1.54) is 11.7 Å². The maximum atomic E-state index is 13.9. The molecule has 196 valence electrons. The highest BCUT2D eigenvalue weighted by molar-refractivity contribution is 5.94. The van der Waals surface area contributed by atoms with Crippen molar-refractivity contribution in [1.29, 1.82) is 0 Å². The van der Waals surface area contributed by atoms with Crippen molar-refractivity contribution in [3.05, 3.63) is 61.4 Å². The molecule has 9 heteroatoms. The Hall–Kier alpha value is -3.49. The van der Waals surface area contributed by atoms with E-state index in [2.05, 4.69) is 12.2 Å². The molecule has 0 spiro atoms. The van der Waals surface area contributed by atoms with E-state index in [1.807, 2.05) is 13.0 Å². The van der Waals surface area contributed by atoms with Crippen LogP contribution in [0, 0.1) is 0 Å². The molecule has 9 nitrogen and oxygen atoms in total. The zero-order chi connectivity index (χ0) is 26.4. The number of unbranched alkanes of at least 4 members (excludes halogenated alkanes) is 2. The molecule has 0 saturated heterocycles. The molecule has 3 rings (SSSR count). The van der Waals surface area contributed by atoms with Crippen LogP contribution in [0.2, 0.25) is 0 Å². The summed E-state index contributed by atoms with van der Waals surface area (Å²) in [6.45, 7) is 8.52. The van der Waals surface area contributed by atoms with Gasteiger partial charge in [-0.3, -0.25) is 13.9 Å². The van der Waals surface area contributed by atoms with Gasteiger partial charge in [-0.2, -0.15) is 0 Å². The largest absolute Gasteiger partial charge is 0.493 e. The summed E-state index contributed by atoms with van der Waals surface area (Å²) < 4.78 is 19.3. The highest BCUT2D eigenvalue weighted by Crippen LogP contribution is 2.42. The average Bonchev–Trinajstić information content (AvgIpc) is 2.87. The molecule has 0 aliphatic carbocycles. The van der Waals surface area contributed by atoms with E-state index in [1.54, 1.807) is 37.7 Å². The van der Waals surface area contributed by atoms with E-state index < -0.39 is 17.4 Å². The minimum atomic E-state index is -0.756. The lowest BCUT2D eigenvalue weighted by Gasteiger charge is -2.32. The van der Waals surface area contributed by atoms with E-state index in [-0.39, 0.29) is 12.3 Å². The third-order valence-corrected chi connectivity index (χ3v) is 6.46. The molecule has 0 saturated carbocycles. The molecule has 0 fully saturated rings. The van der Waals surface area contributed by atoms with Gasteiger partial charge in [-0.05, 0) is 44.4 Å². The number of carbonyl (C=O) groups is 1. The molecule has 1 N–H and O–H groups in total. The molecule has 1 unspecified atom stereocenters. The molecule has 0 radical (unpaired) electrons. The maximum absolute atomic E-state index is 13.9. The van der Waals surface area contributed by atoms with Crippen LogP contribution in [-0.4, -0.2) is 35.9 Å². The number of hydrogen-bond acceptors (Lipinski definition) is 7. The number of esters is 1. The topological polar surface area (TPSA) is 101 Å². The van der Waals surface area contributed by atoms with E-state index in [9.17, 15) is 14.4 Å². The Labute approximate surface area is 211 Å². The van der Waals surface area contributed by atoms with Crippen molar-refractivity contribution in [3.63, 3.8) is 0 Å². The van der Waals surface area contributed by atoms with Crippen LogP contribution in [0.4, 0.5) is 5.82 Å². The quantitative estimate of drug-likeness (QED) is 0.466. The Kier molecular flexibility index (Phi) is 9.01. The summed E-state index contributed by atoms with van der Waals surface area (Å²) in [5.41, 5.74) is 1.14. The lowest BCUT2D eigenvalue weighted by Crippen LogP contribution is -2.45. The molecule has 1 atom stereocenters. The molecule has 36 heavy (non-hydrogen) atoms. The smallest absolute Gasteiger partial charge is 0.336 e. The van der Waals surface area contributed by atoms with Crippen molar-refractivity contribution in [2.45, 2.75) is 72.4 Å². The molecule has 0 bridgehead atoms. The fourth-order valence-electron chi connectivity index (χ4n) is 4.60. The van der Waals surface area contributed by atoms with Crippen LogP contribution >= 0.6 is 0 Å². The third-order valence-electron chi connectivity index (χ3n) is 6.46. The number of anilines is 1. The number of rotatable bonds is 11. The summed E-state index contributed by atoms with van der Waals surface area (Å²) in [6.07, 6.45) is 3.18. The Morgan fingerprint density at radius 2 is 1.61 bits per heavy atom. The molecule has 1 aliphatic rings. The highest BCUT2D eigenvalue weighted by atomic mass is 16.5. The molecular weight excluding hydrogens is 462 g/mol. The second-order valence-corrected chi connectivity index (χ2v) is 8.79. The number of fused-ring (bicyclic) bond motifs is 1. The second kappa shape index (κ2) is 12.0. The van der Waals surface area contributed by atoms with Gasteiger partial charge in [-0.15, -0.1) is 0 Å². The van der Waals surface area contributed by atoms with Gasteiger partial charge in [0.05, 0.1) is 37.9 Å². The SMILES string of the molecule is CCCCn1c2c(c(=O)n(CCCC)c1=O)C(c1ccc(OC)c(OC)c1)C(C(=O)OCC)=C(C)N2. The number of methoxy groups -OCH3 is 2. The van der Waals surface area contributed by atoms with Crippen LogP contribution in [0.5, 0.6) is 11.5 Å². The molecule has 0 amide bonds. The van der Waals surface area contributed by atoms with Gasteiger partial charge >= 0.3 is 11.7 Å². The van der Waals surface area contributed by atoms with Gasteiger partial charge in [0.1, 0.15) is 5.82 Å². The first-order valence-electron chi connectivity index (χ1n) is 12.6. The fraction of sp³-hybridized carbons (Fsp3) is 0.519. The van der Waals surface area contributed by atoms with Crippen molar-refractivity contribution < 1.29 is 19.0 Å². The normalized spacial score (nSPS) is 14.8. The Bertz CT molecular complexity index is 1260. The van der Waals surface area contributed by atoms with Gasteiger partial charge in [0.15, 0.2) is 11.5 Å². The monoisotopic (exact) mass is 499 g/mol. The molecule has 1 aromatic carbocycles. The number of ether oxygens (including phenoxy) is 3. The minimum Gasteiger partial charge on any atom is -0.493 e. The number of hydrogen-bond donors (Lipinski definition) is 1. The summed E-state index contributed by atoms with van der Waals surface area (Å²) in [6, 6.07) is 5.32. The van der Waals surface area contributed by atoms with Gasteiger partial charge < -0.3 is 19.5 Å². The molecule has 2 heterocycles. The molecule has 1 aromatic heterocycles. The Balaban J connectivity index is 2.40. The van der Waals surface area contributed by atoms with E-state index in [4.69, 9.17) is 14.2 Å². The van der Waals surface area contributed by atoms with Crippen LogP contribution in [0.25, 0.3) is 0 Å². The van der Waals surface area contributed by atoms with E-state index in [0.717, 1.165) is 19.3 Å². The van der Waals surface area contributed by atoms with Crippen molar-refractivity contribution in [3.8, 4) is 11.5 Å². The van der Waals surface area contributed by atoms with E-state index in [0.29, 0.717) is 59.2 Å². The Morgan fingerprint density at radius 1 is 0.972 bits per heavy atom. The number of allylic oxidation sites excluding steroid dienone is 1. The fourth-order valence-corrected chi connectivity index (χ4v) is 4.60. The average molecular weight is 500 g/mol. The van der Waals surface area contributed by atoms with Crippen LogP contribution in [0.3, 0.4) is 0 Å². The lowest BCUT2D eigenvalue weighted by atomic mass is 9.82. The highest BCUT2D eigenvalue weighted by Gasteiger charge is 2.38. The first-order chi connectivity index (χ1) is 17.3. The summed E-state index contributed by atoms with van der Waals surface area (Å²) in [4.78, 5) is 40.6. The predicted octanol–water partition coefficient (Wildman–Crippen LogP) is 4.02. The standard InChI is InChI=1S/C27H37N3O6/c1-7-10-14-29-24-23(25(31)30(27(29)33)15-11-8-2)22(21(17(4)28-24)26(32)36-9-3)18-12-13-19(34-5)20(16-18)35-6/h12-13,16,22,28H,7-11,14-15H2,1-6H3. The summed E-state index contributed by atoms with van der Waals surface area (Å²) in [7, 11) is 3.08. The summed E-state index contributed by atoms with van der Waals surface area (Å²) in [5, 5.41) is 3.22. The number of nitrogens with zero attached hydrogens (tertiary/aromatic N) is 2. The predicted molar refractivity (Wildman–Crippen MR) is 139 cm³/mol. The Morgan fingerprint density at radius 3 is 2.19 bits per heavy atom. The summed E-state index contributed by atoms with van der Waals surface area (Å²) in [5.74, 6) is 0.160. The zero-order valence-corrected chi connectivity index (χ0v) is 22.1. The number of carbonyl (C=O) groups excluding carboxylic acids is 1. The number of aromatic nitrogens is 2. The molecular formula is C27H37N3O6. The van der Waals surface area contributed by atoms with Crippen molar-refractivity contribution >= 4 is 11.8 Å². The first-order valence-corrected chi connectivity index (χ1v) is 12.6. The van der Waals surface area contributed by atoms with Gasteiger partial charge in [0, 0.05) is 18.8 Å². The van der Waals surface area contributed by atoms with Crippen molar-refractivity contribution in [2.75, 3.05) is 26.1 Å². The van der Waals surface area contributed by atoms with Gasteiger partial charge in [-0.25, -0.2) is 9.59 Å². The lowest BCUT2D eigenvalue weighted by molar-refractivity contribution is -0.138. The molecule has 2 aromatic rings. The van der Waals surface area contributed by atoms with Crippen molar-refractivity contribution in [2.24, 2.45) is 0 Å². The van der Waals surface area contributed by atoms with Crippen LogP contribution in [0.1, 0.15) is 70.4 Å². The van der Waals surface area contributed by atoms with Crippen LogP contribution in [-0.2, 0) is 22.6 Å². The third kappa shape index (κ3) is 5.05. The van der Waals surface area contributed by atoms with Crippen LogP contribution < -0.4 is 26.0 Å². The van der Waals surface area contributed by atoms with Crippen LogP contribution in [0.15, 0.2) is 39.1 Å². The maximum Gasteiger partial charge on any atom is 0.336 e. The molecule has 1 aliphatic heterocycles. The second-order valence-electron chi connectivity index (χ2n) is 8.79. The number of benzene rings is 1. The van der Waals surface area contributed by atoms with Crippen molar-refractivity contribution in [1.82, 2.24) is 9.13 Å². The number of nitrogens with one attached hydrogen (secondary N) is 1. The van der Waals surface area contributed by atoms with E-state index >= 15 is 0 Å². The zero-order valence-electron chi connectivity index (χ0n) is 22.1. The summed E-state index contributed by atoms with van der Waals surface area (Å²) >= 11 is 0. The first kappa shape index (κ1) is 27.1. The van der Waals surface area contributed by atoms with Gasteiger partial charge in [-0.1, -0.05) is 32.8 Å². The van der Waals surface area contributed by atoms with Gasteiger partial charge in [0.25, 0.3) is 5.56 Å². The van der Waals surface area contributed by atoms with Gasteiger partial charge in [0.2, 0.25) is 0 Å².